The molecule has 0 bridgehead atoms. The van der Waals surface area contributed by atoms with Crippen molar-refractivity contribution in [3.8, 4) is 17.2 Å². The zero-order valence-corrected chi connectivity index (χ0v) is 15.6. The van der Waals surface area contributed by atoms with Crippen molar-refractivity contribution in [3.63, 3.8) is 0 Å². The van der Waals surface area contributed by atoms with Gasteiger partial charge in [-0.3, -0.25) is 4.79 Å². The van der Waals surface area contributed by atoms with Crippen LogP contribution in [0.3, 0.4) is 0 Å². The number of hydrogen-bond acceptors (Lipinski definition) is 5. The summed E-state index contributed by atoms with van der Waals surface area (Å²) in [5, 5.41) is 11.2. The average molecular weight is 366 g/mol. The van der Waals surface area contributed by atoms with Crippen LogP contribution in [0.25, 0.3) is 10.8 Å². The molecule has 0 aliphatic heterocycles. The monoisotopic (exact) mass is 366 g/mol. The van der Waals surface area contributed by atoms with Gasteiger partial charge in [0.2, 0.25) is 0 Å². The predicted molar refractivity (Wildman–Crippen MR) is 104 cm³/mol. The third-order valence-electron chi connectivity index (χ3n) is 4.45. The molecule has 0 aliphatic carbocycles. The molecule has 0 saturated carbocycles. The molecule has 0 spiro atoms. The maximum Gasteiger partial charge on any atom is 0.163 e. The fourth-order valence-corrected chi connectivity index (χ4v) is 3.21. The van der Waals surface area contributed by atoms with Gasteiger partial charge in [-0.2, -0.15) is 0 Å². The third-order valence-corrected chi connectivity index (χ3v) is 4.45. The number of fused-ring (bicyclic) bond motifs is 1. The van der Waals surface area contributed by atoms with Crippen LogP contribution in [0.1, 0.15) is 28.4 Å². The first-order valence-electron chi connectivity index (χ1n) is 8.59. The normalized spacial score (nSPS) is 10.7. The number of carbonyl (C=O) groups is 1. The zero-order chi connectivity index (χ0) is 19.4. The van der Waals surface area contributed by atoms with Gasteiger partial charge in [-0.05, 0) is 36.2 Å². The van der Waals surface area contributed by atoms with Gasteiger partial charge in [-0.1, -0.05) is 30.3 Å². The van der Waals surface area contributed by atoms with Crippen molar-refractivity contribution in [2.24, 2.45) is 0 Å². The Balaban J connectivity index is 2.28. The van der Waals surface area contributed by atoms with Gasteiger partial charge in [0.15, 0.2) is 5.78 Å². The van der Waals surface area contributed by atoms with Gasteiger partial charge in [0.05, 0.1) is 31.8 Å². The van der Waals surface area contributed by atoms with Crippen molar-refractivity contribution < 1.29 is 24.1 Å². The van der Waals surface area contributed by atoms with Crippen molar-refractivity contribution in [1.29, 1.82) is 0 Å². The lowest BCUT2D eigenvalue weighted by Gasteiger charge is -2.19. The van der Waals surface area contributed by atoms with E-state index in [0.29, 0.717) is 39.1 Å². The van der Waals surface area contributed by atoms with E-state index in [1.54, 1.807) is 32.4 Å². The summed E-state index contributed by atoms with van der Waals surface area (Å²) in [6.45, 7) is 1.46. The lowest BCUT2D eigenvalue weighted by atomic mass is 9.96. The highest BCUT2D eigenvalue weighted by Crippen LogP contribution is 2.43. The minimum atomic E-state index is -0.285. The Morgan fingerprint density at radius 1 is 1.00 bits per heavy atom. The van der Waals surface area contributed by atoms with Crippen LogP contribution in [-0.2, 0) is 13.2 Å². The highest BCUT2D eigenvalue weighted by Gasteiger charge is 2.22. The molecule has 3 aromatic carbocycles. The molecular formula is C22H22O5. The fourth-order valence-electron chi connectivity index (χ4n) is 3.21. The number of ether oxygens (including phenoxy) is 3. The number of aliphatic hydroxyl groups is 1. The molecule has 0 fully saturated rings. The van der Waals surface area contributed by atoms with Crippen molar-refractivity contribution in [1.82, 2.24) is 0 Å². The van der Waals surface area contributed by atoms with Crippen molar-refractivity contribution >= 4 is 16.6 Å². The smallest absolute Gasteiger partial charge is 0.163 e. The molecule has 140 valence electrons. The van der Waals surface area contributed by atoms with E-state index in [-0.39, 0.29) is 19.0 Å². The maximum absolute atomic E-state index is 12.4. The topological polar surface area (TPSA) is 65.0 Å². The van der Waals surface area contributed by atoms with Gasteiger partial charge in [-0.15, -0.1) is 0 Å². The van der Waals surface area contributed by atoms with Gasteiger partial charge >= 0.3 is 0 Å². The molecule has 5 nitrogen and oxygen atoms in total. The number of ketones is 1. The Bertz CT molecular complexity index is 964. The van der Waals surface area contributed by atoms with Gasteiger partial charge in [-0.25, -0.2) is 0 Å². The van der Waals surface area contributed by atoms with Gasteiger partial charge < -0.3 is 19.3 Å². The Kier molecular flexibility index (Phi) is 5.62. The number of Topliss-reactive ketones (excluding diaryl/α,β-unsaturated/α-hetero) is 1. The Morgan fingerprint density at radius 3 is 2.26 bits per heavy atom. The summed E-state index contributed by atoms with van der Waals surface area (Å²) in [5.74, 6) is 1.39. The molecule has 0 atom stereocenters. The molecule has 0 unspecified atom stereocenters. The summed E-state index contributed by atoms with van der Waals surface area (Å²) in [6, 6.07) is 15.0. The van der Waals surface area contributed by atoms with E-state index in [1.807, 2.05) is 30.3 Å². The minimum absolute atomic E-state index is 0.186. The van der Waals surface area contributed by atoms with Crippen molar-refractivity contribution in [2.75, 3.05) is 14.2 Å². The first-order chi connectivity index (χ1) is 13.1. The lowest BCUT2D eigenvalue weighted by molar-refractivity contribution is 0.101. The lowest BCUT2D eigenvalue weighted by Crippen LogP contribution is -2.07. The number of methoxy groups -OCH3 is 2. The average Bonchev–Trinajstić information content (AvgIpc) is 2.70. The molecule has 0 amide bonds. The molecule has 0 radical (unpaired) electrons. The molecule has 0 heterocycles. The number of benzene rings is 3. The fraction of sp³-hybridized carbons (Fsp3) is 0.227. The summed E-state index contributed by atoms with van der Waals surface area (Å²) >= 11 is 0. The summed E-state index contributed by atoms with van der Waals surface area (Å²) in [6.07, 6.45) is 0. The van der Waals surface area contributed by atoms with Crippen LogP contribution in [0.15, 0.2) is 48.5 Å². The Morgan fingerprint density at radius 2 is 1.67 bits per heavy atom. The molecule has 5 heteroatoms. The maximum atomic E-state index is 12.4. The molecule has 3 aromatic rings. The second kappa shape index (κ2) is 8.10. The van der Waals surface area contributed by atoms with Gasteiger partial charge in [0, 0.05) is 5.39 Å². The van der Waals surface area contributed by atoms with E-state index in [2.05, 4.69) is 0 Å². The molecule has 3 rings (SSSR count). The molecule has 0 aromatic heterocycles. The number of rotatable bonds is 7. The van der Waals surface area contributed by atoms with Crippen molar-refractivity contribution in [2.45, 2.75) is 20.1 Å². The SMILES string of the molecule is COc1ccc(OC)c2c(OCc3ccccc3)c(C(C)=O)c(CO)cc12. The van der Waals surface area contributed by atoms with Crippen LogP contribution in [-0.4, -0.2) is 25.1 Å². The Labute approximate surface area is 158 Å². The van der Waals surface area contributed by atoms with Gasteiger partial charge in [0.25, 0.3) is 0 Å². The highest BCUT2D eigenvalue weighted by atomic mass is 16.5. The standard InChI is InChI=1S/C22H22O5/c1-14(24)20-16(12-23)11-17-18(25-2)9-10-19(26-3)21(17)22(20)27-13-15-7-5-4-6-8-15/h4-11,23H,12-13H2,1-3H3. The molecule has 0 aliphatic rings. The van der Waals surface area contributed by atoms with Crippen molar-refractivity contribution in [3.05, 3.63) is 65.2 Å². The second-order valence-corrected chi connectivity index (χ2v) is 6.12. The Hall–Kier alpha value is -3.05. The van der Waals surface area contributed by atoms with Crippen LogP contribution in [0, 0.1) is 0 Å². The van der Waals surface area contributed by atoms with E-state index in [4.69, 9.17) is 14.2 Å². The predicted octanol–water partition coefficient (Wildman–Crippen LogP) is 4.13. The number of carbonyl (C=O) groups excluding carboxylic acids is 1. The molecule has 27 heavy (non-hydrogen) atoms. The quantitative estimate of drug-likeness (QED) is 0.637. The molecule has 0 saturated heterocycles. The first kappa shape index (κ1) is 18.7. The van der Waals surface area contributed by atoms with E-state index in [0.717, 1.165) is 5.56 Å². The minimum Gasteiger partial charge on any atom is -0.496 e. The van der Waals surface area contributed by atoms with Crippen LogP contribution in [0.4, 0.5) is 0 Å². The molecule has 1 N–H and O–H groups in total. The van der Waals surface area contributed by atoms with E-state index in [1.165, 1.54) is 6.92 Å². The van der Waals surface area contributed by atoms with Crippen LogP contribution in [0.2, 0.25) is 0 Å². The zero-order valence-electron chi connectivity index (χ0n) is 15.6. The number of hydrogen-bond donors (Lipinski definition) is 1. The second-order valence-electron chi connectivity index (χ2n) is 6.12. The van der Waals surface area contributed by atoms with Crippen LogP contribution >= 0.6 is 0 Å². The summed E-state index contributed by atoms with van der Waals surface area (Å²) < 4.78 is 17.1. The van der Waals surface area contributed by atoms with Crippen LogP contribution in [0.5, 0.6) is 17.2 Å². The van der Waals surface area contributed by atoms with E-state index >= 15 is 0 Å². The largest absolute Gasteiger partial charge is 0.496 e. The third kappa shape index (κ3) is 3.59. The summed E-state index contributed by atoms with van der Waals surface area (Å²) in [7, 11) is 3.14. The van der Waals surface area contributed by atoms with Gasteiger partial charge in [0.1, 0.15) is 23.9 Å². The van der Waals surface area contributed by atoms with Crippen LogP contribution < -0.4 is 14.2 Å². The highest BCUT2D eigenvalue weighted by molar-refractivity contribution is 6.08. The number of aliphatic hydroxyl groups excluding tert-OH is 1. The summed E-state index contributed by atoms with van der Waals surface area (Å²) in [4.78, 5) is 12.4. The van der Waals surface area contributed by atoms with E-state index in [9.17, 15) is 9.90 Å². The molecular weight excluding hydrogens is 344 g/mol. The summed E-state index contributed by atoms with van der Waals surface area (Å²) in [5.41, 5.74) is 1.81. The first-order valence-corrected chi connectivity index (χ1v) is 8.59. The van der Waals surface area contributed by atoms with E-state index < -0.39 is 0 Å².